The molecular formula is C30H31Cl2N3O5. The van der Waals surface area contributed by atoms with Crippen molar-refractivity contribution in [3.8, 4) is 17.2 Å². The summed E-state index contributed by atoms with van der Waals surface area (Å²) in [7, 11) is 0. The molecule has 0 spiro atoms. The second-order valence-electron chi connectivity index (χ2n) is 8.76. The molecule has 0 aromatic heterocycles. The van der Waals surface area contributed by atoms with Gasteiger partial charge in [-0.3, -0.25) is 9.59 Å². The third-order valence-electron chi connectivity index (χ3n) is 5.90. The van der Waals surface area contributed by atoms with Crippen LogP contribution in [-0.4, -0.2) is 43.2 Å². The van der Waals surface area contributed by atoms with Crippen LogP contribution in [0.3, 0.4) is 0 Å². The Bertz CT molecular complexity index is 1460. The van der Waals surface area contributed by atoms with Crippen molar-refractivity contribution in [2.45, 2.75) is 12.8 Å². The van der Waals surface area contributed by atoms with E-state index < -0.39 is 5.91 Å². The van der Waals surface area contributed by atoms with E-state index in [4.69, 9.17) is 26.8 Å². The quantitative estimate of drug-likeness (QED) is 0.123. The predicted molar refractivity (Wildman–Crippen MR) is 160 cm³/mol. The van der Waals surface area contributed by atoms with Gasteiger partial charge in [0.05, 0.1) is 30.0 Å². The summed E-state index contributed by atoms with van der Waals surface area (Å²) in [5.41, 5.74) is 6.59. The van der Waals surface area contributed by atoms with Gasteiger partial charge in [-0.05, 0) is 66.6 Å². The molecule has 0 unspecified atom stereocenters. The zero-order chi connectivity index (χ0) is 27.6. The Kier molecular flexibility index (Phi) is 11.4. The lowest BCUT2D eigenvalue weighted by Gasteiger charge is -2.14. The van der Waals surface area contributed by atoms with E-state index in [1.165, 1.54) is 12.1 Å². The first-order valence-electron chi connectivity index (χ1n) is 12.6. The highest BCUT2D eigenvalue weighted by Gasteiger charge is 2.16. The van der Waals surface area contributed by atoms with E-state index >= 15 is 0 Å². The van der Waals surface area contributed by atoms with Gasteiger partial charge in [0.2, 0.25) is 0 Å². The van der Waals surface area contributed by atoms with Crippen molar-refractivity contribution >= 4 is 52.3 Å². The minimum absolute atomic E-state index is 0. The van der Waals surface area contributed by atoms with Gasteiger partial charge < -0.3 is 30.9 Å². The third kappa shape index (κ3) is 8.02. The molecule has 5 N–H and O–H groups in total. The number of phenols is 1. The van der Waals surface area contributed by atoms with E-state index in [1.807, 2.05) is 36.4 Å². The van der Waals surface area contributed by atoms with Crippen LogP contribution in [0, 0.1) is 0 Å². The lowest BCUT2D eigenvalue weighted by molar-refractivity contribution is 0.0947. The summed E-state index contributed by atoms with van der Waals surface area (Å²) in [4.78, 5) is 25.8. The van der Waals surface area contributed by atoms with Gasteiger partial charge in [-0.25, -0.2) is 0 Å². The zero-order valence-corrected chi connectivity index (χ0v) is 23.3. The molecular weight excluding hydrogens is 553 g/mol. The first-order valence-corrected chi connectivity index (χ1v) is 13.0. The second-order valence-corrected chi connectivity index (χ2v) is 9.19. The third-order valence-corrected chi connectivity index (χ3v) is 6.14. The summed E-state index contributed by atoms with van der Waals surface area (Å²) in [5, 5.41) is 17.9. The number of hydrogen-bond acceptors (Lipinski definition) is 6. The van der Waals surface area contributed by atoms with Crippen LogP contribution in [-0.2, 0) is 0 Å². The van der Waals surface area contributed by atoms with E-state index in [-0.39, 0.29) is 36.4 Å². The van der Waals surface area contributed by atoms with E-state index in [2.05, 4.69) is 10.6 Å². The second kappa shape index (κ2) is 15.0. The number of benzene rings is 4. The molecule has 0 atom stereocenters. The molecule has 0 aliphatic rings. The largest absolute Gasteiger partial charge is 0.506 e. The average molecular weight is 585 g/mol. The number of hydrogen-bond donors (Lipinski definition) is 4. The number of carbonyl (C=O) groups is 2. The smallest absolute Gasteiger partial charge is 0.259 e. The summed E-state index contributed by atoms with van der Waals surface area (Å²) < 4.78 is 11.7. The van der Waals surface area contributed by atoms with Gasteiger partial charge in [0, 0.05) is 17.6 Å². The minimum Gasteiger partial charge on any atom is -0.506 e. The van der Waals surface area contributed by atoms with Crippen molar-refractivity contribution in [2.75, 3.05) is 31.6 Å². The highest BCUT2D eigenvalue weighted by molar-refractivity contribution is 6.30. The van der Waals surface area contributed by atoms with Crippen molar-refractivity contribution < 1.29 is 24.2 Å². The lowest BCUT2D eigenvalue weighted by atomic mass is 10.1. The number of fused-ring (bicyclic) bond motifs is 1. The summed E-state index contributed by atoms with van der Waals surface area (Å²) in [6.45, 7) is 1.56. The highest BCUT2D eigenvalue weighted by atomic mass is 35.5. The van der Waals surface area contributed by atoms with Crippen LogP contribution >= 0.6 is 24.0 Å². The molecule has 40 heavy (non-hydrogen) atoms. The first-order chi connectivity index (χ1) is 19.0. The molecule has 0 heterocycles. The maximum absolute atomic E-state index is 13.0. The molecule has 4 aromatic rings. The van der Waals surface area contributed by atoms with Crippen LogP contribution in [0.4, 0.5) is 5.69 Å². The Balaban J connectivity index is 0.00000441. The van der Waals surface area contributed by atoms with Gasteiger partial charge in [0.1, 0.15) is 17.2 Å². The SMILES string of the molecule is Cl.NCCCOc1cc2ccccc2cc1C(=O)NCCCOc1ccccc1C(=O)Nc1ccc(Cl)cc1O. The maximum atomic E-state index is 13.0. The normalized spacial score (nSPS) is 10.4. The van der Waals surface area contributed by atoms with Crippen molar-refractivity contribution in [1.82, 2.24) is 5.32 Å². The molecule has 0 aliphatic carbocycles. The molecule has 0 radical (unpaired) electrons. The van der Waals surface area contributed by atoms with Gasteiger partial charge in [-0.2, -0.15) is 0 Å². The van der Waals surface area contributed by atoms with Crippen LogP contribution in [0.25, 0.3) is 10.8 Å². The molecule has 210 valence electrons. The molecule has 0 fully saturated rings. The number of anilines is 1. The Morgan fingerprint density at radius 1 is 0.800 bits per heavy atom. The van der Waals surface area contributed by atoms with Crippen LogP contribution in [0.15, 0.2) is 78.9 Å². The van der Waals surface area contributed by atoms with E-state index in [9.17, 15) is 14.7 Å². The van der Waals surface area contributed by atoms with Gasteiger partial charge in [0.25, 0.3) is 11.8 Å². The van der Waals surface area contributed by atoms with Crippen molar-refractivity contribution in [2.24, 2.45) is 5.73 Å². The Morgan fingerprint density at radius 3 is 2.23 bits per heavy atom. The Labute approximate surface area is 243 Å². The van der Waals surface area contributed by atoms with Crippen LogP contribution < -0.4 is 25.8 Å². The molecule has 0 saturated heterocycles. The van der Waals surface area contributed by atoms with Crippen LogP contribution in [0.5, 0.6) is 17.2 Å². The fourth-order valence-corrected chi connectivity index (χ4v) is 4.08. The standard InChI is InChI=1S/C30H30ClN3O5.ClH/c31-22-11-12-25(26(35)19-22)34-30(37)23-9-3-4-10-27(23)38-16-6-14-33-29(36)24-17-20-7-1-2-8-21(20)18-28(24)39-15-5-13-32;/h1-4,7-12,17-19,35H,5-6,13-16,32H2,(H,33,36)(H,34,37);1H. The van der Waals surface area contributed by atoms with Crippen LogP contribution in [0.1, 0.15) is 33.6 Å². The topological polar surface area (TPSA) is 123 Å². The molecule has 2 amide bonds. The van der Waals surface area contributed by atoms with Gasteiger partial charge in [0.15, 0.2) is 0 Å². The molecule has 8 nitrogen and oxygen atoms in total. The van der Waals surface area contributed by atoms with E-state index in [1.54, 1.807) is 30.3 Å². The summed E-state index contributed by atoms with van der Waals surface area (Å²) in [6, 6.07) is 22.7. The summed E-state index contributed by atoms with van der Waals surface area (Å²) in [6.07, 6.45) is 1.20. The Morgan fingerprint density at radius 2 is 1.48 bits per heavy atom. The Hall–Kier alpha value is -3.98. The number of halogens is 2. The van der Waals surface area contributed by atoms with Crippen molar-refractivity contribution in [1.29, 1.82) is 0 Å². The summed E-state index contributed by atoms with van der Waals surface area (Å²) >= 11 is 5.86. The molecule has 4 aromatic carbocycles. The number of carbonyl (C=O) groups excluding carboxylic acids is 2. The average Bonchev–Trinajstić information content (AvgIpc) is 2.94. The van der Waals surface area contributed by atoms with Crippen LogP contribution in [0.2, 0.25) is 5.02 Å². The number of rotatable bonds is 12. The number of amides is 2. The minimum atomic E-state index is -0.435. The number of nitrogens with one attached hydrogen (secondary N) is 2. The molecule has 0 bridgehead atoms. The summed E-state index contributed by atoms with van der Waals surface area (Å²) in [5.74, 6) is 0.0906. The van der Waals surface area contributed by atoms with Crippen molar-refractivity contribution in [3.05, 3.63) is 95.0 Å². The lowest BCUT2D eigenvalue weighted by Crippen LogP contribution is -2.26. The predicted octanol–water partition coefficient (Wildman–Crippen LogP) is 5.80. The van der Waals surface area contributed by atoms with Gasteiger partial charge in [-0.1, -0.05) is 48.0 Å². The van der Waals surface area contributed by atoms with Crippen molar-refractivity contribution in [3.63, 3.8) is 0 Å². The van der Waals surface area contributed by atoms with Gasteiger partial charge in [-0.15, -0.1) is 12.4 Å². The monoisotopic (exact) mass is 583 g/mol. The highest BCUT2D eigenvalue weighted by Crippen LogP contribution is 2.29. The fraction of sp³-hybridized carbons (Fsp3) is 0.200. The zero-order valence-electron chi connectivity index (χ0n) is 21.7. The number of nitrogens with two attached hydrogens (primary N) is 1. The number of para-hydroxylation sites is 1. The van der Waals surface area contributed by atoms with E-state index in [0.29, 0.717) is 60.2 Å². The molecule has 0 saturated carbocycles. The number of ether oxygens (including phenoxy) is 2. The molecule has 0 aliphatic heterocycles. The van der Waals surface area contributed by atoms with Gasteiger partial charge >= 0.3 is 0 Å². The maximum Gasteiger partial charge on any atom is 0.259 e. The molecule has 10 heteroatoms. The molecule has 4 rings (SSSR count). The number of phenolic OH excluding ortho intramolecular Hbond substituents is 1. The fourth-order valence-electron chi connectivity index (χ4n) is 3.91. The number of aromatic hydroxyl groups is 1. The van der Waals surface area contributed by atoms with E-state index in [0.717, 1.165) is 10.8 Å². The first kappa shape index (κ1) is 30.6.